The molecule has 1 aromatic rings. The molecule has 0 bridgehead atoms. The van der Waals surface area contributed by atoms with E-state index in [1.807, 2.05) is 0 Å². The van der Waals surface area contributed by atoms with E-state index in [1.165, 1.54) is 16.2 Å². The van der Waals surface area contributed by atoms with Crippen molar-refractivity contribution in [3.63, 3.8) is 0 Å². The molecule has 1 atom stereocenters. The van der Waals surface area contributed by atoms with Crippen molar-refractivity contribution in [2.75, 3.05) is 0 Å². The molecule has 2 rings (SSSR count). The van der Waals surface area contributed by atoms with E-state index in [1.54, 1.807) is 0 Å². The summed E-state index contributed by atoms with van der Waals surface area (Å²) in [6.07, 6.45) is 2.94. The molecule has 0 spiro atoms. The third-order valence-electron chi connectivity index (χ3n) is 3.42. The Bertz CT molecular complexity index is 423. The molecular weight excluding hydrogens is 244 g/mol. The third kappa shape index (κ3) is 1.98. The number of thiophene rings is 1. The molecule has 0 aliphatic heterocycles. The number of carboxylic acids is 1. The van der Waals surface area contributed by atoms with Crippen LogP contribution in [-0.4, -0.2) is 11.1 Å². The lowest BCUT2D eigenvalue weighted by Crippen LogP contribution is -2.18. The zero-order chi connectivity index (χ0) is 11.9. The second-order valence-corrected chi connectivity index (χ2v) is 6.41. The van der Waals surface area contributed by atoms with Crippen LogP contribution in [0.4, 0.5) is 0 Å². The summed E-state index contributed by atoms with van der Waals surface area (Å²) in [5.74, 6) is 0.441. The lowest BCUT2D eigenvalue weighted by molar-refractivity contribution is 0.0696. The molecule has 1 heterocycles. The zero-order valence-electron chi connectivity index (χ0n) is 9.42. The summed E-state index contributed by atoms with van der Waals surface area (Å²) in [4.78, 5) is 12.3. The summed E-state index contributed by atoms with van der Waals surface area (Å²) in [5.41, 5.74) is 1.34. The van der Waals surface area contributed by atoms with Gasteiger partial charge in [0.2, 0.25) is 0 Å². The highest BCUT2D eigenvalue weighted by atomic mass is 35.5. The molecule has 0 fully saturated rings. The topological polar surface area (TPSA) is 37.3 Å². The fourth-order valence-electron chi connectivity index (χ4n) is 2.36. The lowest BCUT2D eigenvalue weighted by Gasteiger charge is -2.25. The molecule has 1 aromatic heterocycles. The first-order valence-electron chi connectivity index (χ1n) is 5.54. The maximum atomic E-state index is 11.1. The van der Waals surface area contributed by atoms with Gasteiger partial charge in [-0.25, -0.2) is 4.79 Å². The molecule has 1 N–H and O–H groups in total. The SMILES string of the molecule is CC(C)C1CCc2c(sc(Cl)c2C(=O)O)C1. The van der Waals surface area contributed by atoms with Crippen molar-refractivity contribution < 1.29 is 9.90 Å². The second-order valence-electron chi connectivity index (χ2n) is 4.70. The Balaban J connectivity index is 2.35. The summed E-state index contributed by atoms with van der Waals surface area (Å²) in [7, 11) is 0. The van der Waals surface area contributed by atoms with E-state index in [-0.39, 0.29) is 0 Å². The van der Waals surface area contributed by atoms with Crippen LogP contribution in [0.2, 0.25) is 4.34 Å². The Labute approximate surface area is 104 Å². The molecule has 88 valence electrons. The van der Waals surface area contributed by atoms with E-state index in [4.69, 9.17) is 16.7 Å². The largest absolute Gasteiger partial charge is 0.478 e. The average molecular weight is 259 g/mol. The molecule has 4 heteroatoms. The van der Waals surface area contributed by atoms with Crippen molar-refractivity contribution in [3.05, 3.63) is 20.3 Å². The summed E-state index contributed by atoms with van der Waals surface area (Å²) < 4.78 is 0.446. The number of fused-ring (bicyclic) bond motifs is 1. The van der Waals surface area contributed by atoms with Gasteiger partial charge in [-0.2, -0.15) is 0 Å². The minimum absolute atomic E-state index is 0.351. The van der Waals surface area contributed by atoms with Crippen molar-refractivity contribution in [2.45, 2.75) is 33.1 Å². The van der Waals surface area contributed by atoms with Crippen LogP contribution >= 0.6 is 22.9 Å². The van der Waals surface area contributed by atoms with E-state index in [9.17, 15) is 4.79 Å². The predicted octanol–water partition coefficient (Wildman–Crippen LogP) is 3.86. The normalized spacial score (nSPS) is 19.9. The van der Waals surface area contributed by atoms with Gasteiger partial charge < -0.3 is 5.11 Å². The zero-order valence-corrected chi connectivity index (χ0v) is 11.0. The van der Waals surface area contributed by atoms with Gasteiger partial charge in [0.15, 0.2) is 0 Å². The van der Waals surface area contributed by atoms with Gasteiger partial charge in [0, 0.05) is 4.88 Å². The van der Waals surface area contributed by atoms with Crippen LogP contribution in [0.3, 0.4) is 0 Å². The second kappa shape index (κ2) is 4.38. The van der Waals surface area contributed by atoms with Crippen molar-refractivity contribution in [3.8, 4) is 0 Å². The van der Waals surface area contributed by atoms with Crippen LogP contribution < -0.4 is 0 Å². The molecule has 2 nitrogen and oxygen atoms in total. The Hall–Kier alpha value is -0.540. The number of carbonyl (C=O) groups is 1. The Morgan fingerprint density at radius 1 is 1.56 bits per heavy atom. The van der Waals surface area contributed by atoms with E-state index >= 15 is 0 Å². The van der Waals surface area contributed by atoms with Crippen LogP contribution in [0.25, 0.3) is 0 Å². The third-order valence-corrected chi connectivity index (χ3v) is 4.88. The molecule has 0 aromatic carbocycles. The summed E-state index contributed by atoms with van der Waals surface area (Å²) in [6, 6.07) is 0. The van der Waals surface area contributed by atoms with E-state index in [2.05, 4.69) is 13.8 Å². The van der Waals surface area contributed by atoms with Gasteiger partial charge in [-0.3, -0.25) is 0 Å². The van der Waals surface area contributed by atoms with Crippen molar-refractivity contribution in [1.29, 1.82) is 0 Å². The maximum Gasteiger partial charge on any atom is 0.338 e. The Morgan fingerprint density at radius 2 is 2.25 bits per heavy atom. The first-order chi connectivity index (χ1) is 7.50. The molecule has 0 saturated heterocycles. The minimum Gasteiger partial charge on any atom is -0.478 e. The number of hydrogen-bond acceptors (Lipinski definition) is 2. The van der Waals surface area contributed by atoms with Crippen LogP contribution in [-0.2, 0) is 12.8 Å². The molecule has 1 aliphatic rings. The summed E-state index contributed by atoms with van der Waals surface area (Å²) >= 11 is 7.45. The van der Waals surface area contributed by atoms with Gasteiger partial charge in [-0.1, -0.05) is 25.4 Å². The van der Waals surface area contributed by atoms with Crippen molar-refractivity contribution >= 4 is 28.9 Å². The minimum atomic E-state index is -0.884. The van der Waals surface area contributed by atoms with Crippen molar-refractivity contribution in [1.82, 2.24) is 0 Å². The lowest BCUT2D eigenvalue weighted by atomic mass is 9.81. The number of aromatic carboxylic acids is 1. The van der Waals surface area contributed by atoms with Gasteiger partial charge in [0.1, 0.15) is 4.34 Å². The molecule has 0 amide bonds. The van der Waals surface area contributed by atoms with Crippen LogP contribution in [0, 0.1) is 11.8 Å². The number of carboxylic acid groups (broad SMARTS) is 1. The molecule has 0 saturated carbocycles. The predicted molar refractivity (Wildman–Crippen MR) is 66.6 cm³/mol. The average Bonchev–Trinajstić information content (AvgIpc) is 2.51. The van der Waals surface area contributed by atoms with E-state index in [0.717, 1.165) is 24.8 Å². The maximum absolute atomic E-state index is 11.1. The van der Waals surface area contributed by atoms with Crippen molar-refractivity contribution in [2.24, 2.45) is 11.8 Å². The highest BCUT2D eigenvalue weighted by molar-refractivity contribution is 7.16. The summed E-state index contributed by atoms with van der Waals surface area (Å²) in [5, 5.41) is 9.11. The van der Waals surface area contributed by atoms with Gasteiger partial charge in [-0.15, -0.1) is 11.3 Å². The Morgan fingerprint density at radius 3 is 2.81 bits per heavy atom. The number of halogens is 1. The van der Waals surface area contributed by atoms with Gasteiger partial charge in [0.25, 0.3) is 0 Å². The van der Waals surface area contributed by atoms with Crippen LogP contribution in [0.15, 0.2) is 0 Å². The number of rotatable bonds is 2. The fraction of sp³-hybridized carbons (Fsp3) is 0.583. The molecule has 0 radical (unpaired) electrons. The molecule has 1 unspecified atom stereocenters. The monoisotopic (exact) mass is 258 g/mol. The summed E-state index contributed by atoms with van der Waals surface area (Å²) in [6.45, 7) is 4.45. The molecule has 1 aliphatic carbocycles. The van der Waals surface area contributed by atoms with E-state index in [0.29, 0.717) is 21.7 Å². The van der Waals surface area contributed by atoms with Gasteiger partial charge >= 0.3 is 5.97 Å². The standard InChI is InChI=1S/C12H15ClO2S/c1-6(2)7-3-4-8-9(5-7)16-11(13)10(8)12(14)15/h6-7H,3-5H2,1-2H3,(H,14,15). The first-order valence-corrected chi connectivity index (χ1v) is 6.73. The quantitative estimate of drug-likeness (QED) is 0.875. The Kier molecular flexibility index (Phi) is 3.27. The fourth-order valence-corrected chi connectivity index (χ4v) is 3.99. The number of hydrogen-bond donors (Lipinski definition) is 1. The highest BCUT2D eigenvalue weighted by Gasteiger charge is 2.29. The van der Waals surface area contributed by atoms with Crippen LogP contribution in [0.5, 0.6) is 0 Å². The van der Waals surface area contributed by atoms with Gasteiger partial charge in [0.05, 0.1) is 5.56 Å². The van der Waals surface area contributed by atoms with E-state index < -0.39 is 5.97 Å². The van der Waals surface area contributed by atoms with Gasteiger partial charge in [-0.05, 0) is 36.7 Å². The first kappa shape index (κ1) is 11.9. The smallest absolute Gasteiger partial charge is 0.338 e. The molecular formula is C12H15ClO2S. The van der Waals surface area contributed by atoms with Crippen LogP contribution in [0.1, 0.15) is 41.1 Å². The molecule has 16 heavy (non-hydrogen) atoms. The highest BCUT2D eigenvalue weighted by Crippen LogP contribution is 2.40.